The summed E-state index contributed by atoms with van der Waals surface area (Å²) in [4.78, 5) is 12.1. The Kier molecular flexibility index (Phi) is 7.45. The minimum Gasteiger partial charge on any atom is -0.342 e. The summed E-state index contributed by atoms with van der Waals surface area (Å²) >= 11 is 0. The maximum atomic E-state index is 13.2. The molecule has 3 nitrogen and oxygen atoms in total. The van der Waals surface area contributed by atoms with E-state index in [0.29, 0.717) is 11.1 Å². The fourth-order valence-electron chi connectivity index (χ4n) is 2.29. The zero-order valence-corrected chi connectivity index (χ0v) is 14.4. The number of halogens is 4. The van der Waals surface area contributed by atoms with Gasteiger partial charge in [-0.2, -0.15) is 13.2 Å². The fourth-order valence-corrected chi connectivity index (χ4v) is 2.29. The summed E-state index contributed by atoms with van der Waals surface area (Å²) in [6, 6.07) is 11.9. The van der Waals surface area contributed by atoms with Crippen LogP contribution in [0.4, 0.5) is 13.2 Å². The first-order valence-electron chi connectivity index (χ1n) is 7.50. The summed E-state index contributed by atoms with van der Waals surface area (Å²) in [5.41, 5.74) is 7.73. The molecule has 0 heterocycles. The Hall–Kier alpha value is -2.05. The summed E-state index contributed by atoms with van der Waals surface area (Å²) in [5, 5.41) is 2.03. The van der Waals surface area contributed by atoms with Crippen molar-refractivity contribution in [2.75, 3.05) is 0 Å². The first-order chi connectivity index (χ1) is 11.3. The van der Waals surface area contributed by atoms with Gasteiger partial charge in [0, 0.05) is 6.42 Å². The minimum atomic E-state index is -4.56. The van der Waals surface area contributed by atoms with Crippen LogP contribution in [-0.4, -0.2) is 18.1 Å². The topological polar surface area (TPSA) is 55.1 Å². The molecule has 0 aliphatic heterocycles. The highest BCUT2D eigenvalue weighted by atomic mass is 35.5. The Morgan fingerprint density at radius 2 is 1.64 bits per heavy atom. The van der Waals surface area contributed by atoms with Gasteiger partial charge in [-0.15, -0.1) is 12.4 Å². The molecule has 2 atom stereocenters. The maximum absolute atomic E-state index is 13.2. The SMILES string of the molecule is Cc1ccc(C(N)C(=O)NC(Cc2ccccc2)C(F)(F)F)cc1.Cl. The van der Waals surface area contributed by atoms with Crippen molar-refractivity contribution in [2.24, 2.45) is 5.73 Å². The van der Waals surface area contributed by atoms with Crippen LogP contribution in [0.15, 0.2) is 54.6 Å². The molecule has 0 spiro atoms. The second-order valence-corrected chi connectivity index (χ2v) is 5.68. The van der Waals surface area contributed by atoms with Gasteiger partial charge in [-0.25, -0.2) is 0 Å². The summed E-state index contributed by atoms with van der Waals surface area (Å²) in [7, 11) is 0. The van der Waals surface area contributed by atoms with E-state index in [9.17, 15) is 18.0 Å². The van der Waals surface area contributed by atoms with Gasteiger partial charge < -0.3 is 11.1 Å². The predicted molar refractivity (Wildman–Crippen MR) is 93.5 cm³/mol. The summed E-state index contributed by atoms with van der Waals surface area (Å²) in [5.74, 6) is -0.850. The number of nitrogens with two attached hydrogens (primary N) is 1. The highest BCUT2D eigenvalue weighted by Crippen LogP contribution is 2.24. The molecule has 25 heavy (non-hydrogen) atoms. The van der Waals surface area contributed by atoms with Crippen molar-refractivity contribution >= 4 is 18.3 Å². The number of hydrogen-bond acceptors (Lipinski definition) is 2. The molecule has 2 aromatic carbocycles. The van der Waals surface area contributed by atoms with Gasteiger partial charge in [0.1, 0.15) is 12.1 Å². The average molecular weight is 373 g/mol. The van der Waals surface area contributed by atoms with Gasteiger partial charge in [0.05, 0.1) is 0 Å². The number of hydrogen-bond donors (Lipinski definition) is 2. The van der Waals surface area contributed by atoms with Gasteiger partial charge in [-0.1, -0.05) is 60.2 Å². The molecule has 2 unspecified atom stereocenters. The van der Waals surface area contributed by atoms with E-state index in [-0.39, 0.29) is 18.8 Å². The Bertz CT molecular complexity index is 675. The quantitative estimate of drug-likeness (QED) is 0.840. The molecule has 2 rings (SSSR count). The number of aryl methyl sites for hydroxylation is 1. The van der Waals surface area contributed by atoms with Crippen LogP contribution in [0.25, 0.3) is 0 Å². The standard InChI is InChI=1S/C18H19F3N2O.ClH/c1-12-7-9-14(10-8-12)16(22)17(24)23-15(18(19,20)21)11-13-5-3-2-4-6-13;/h2-10,15-16H,11,22H2,1H3,(H,23,24);1H. The molecule has 0 aromatic heterocycles. The lowest BCUT2D eigenvalue weighted by Crippen LogP contribution is -2.49. The number of amides is 1. The van der Waals surface area contributed by atoms with Gasteiger partial charge in [0.2, 0.25) is 5.91 Å². The molecule has 2 aromatic rings. The smallest absolute Gasteiger partial charge is 0.342 e. The van der Waals surface area contributed by atoms with Crippen molar-refractivity contribution in [3.05, 3.63) is 71.3 Å². The summed E-state index contributed by atoms with van der Waals surface area (Å²) in [6.45, 7) is 1.87. The van der Waals surface area contributed by atoms with Crippen LogP contribution in [0.3, 0.4) is 0 Å². The molecule has 0 aliphatic carbocycles. The molecule has 0 fully saturated rings. The molecule has 3 N–H and O–H groups in total. The molecule has 7 heteroatoms. The second kappa shape index (κ2) is 8.87. The highest BCUT2D eigenvalue weighted by molar-refractivity contribution is 5.85. The predicted octanol–water partition coefficient (Wildman–Crippen LogP) is 3.71. The Morgan fingerprint density at radius 3 is 2.16 bits per heavy atom. The second-order valence-electron chi connectivity index (χ2n) is 5.68. The average Bonchev–Trinajstić information content (AvgIpc) is 2.54. The molecule has 0 saturated heterocycles. The Balaban J connectivity index is 0.00000312. The van der Waals surface area contributed by atoms with Crippen molar-refractivity contribution in [1.29, 1.82) is 0 Å². The monoisotopic (exact) mass is 372 g/mol. The van der Waals surface area contributed by atoms with Crippen molar-refractivity contribution in [1.82, 2.24) is 5.32 Å². The van der Waals surface area contributed by atoms with Crippen molar-refractivity contribution in [3.8, 4) is 0 Å². The summed E-state index contributed by atoms with van der Waals surface area (Å²) in [6.07, 6.45) is -4.89. The van der Waals surface area contributed by atoms with E-state index in [1.807, 2.05) is 12.2 Å². The zero-order valence-electron chi connectivity index (χ0n) is 13.6. The van der Waals surface area contributed by atoms with Crippen molar-refractivity contribution in [2.45, 2.75) is 31.6 Å². The molecule has 136 valence electrons. The van der Waals surface area contributed by atoms with Crippen LogP contribution in [0.1, 0.15) is 22.7 Å². The first kappa shape index (κ1) is 21.0. The van der Waals surface area contributed by atoms with Crippen LogP contribution in [0.5, 0.6) is 0 Å². The molecule has 0 bridgehead atoms. The number of nitrogens with one attached hydrogen (secondary N) is 1. The van der Waals surface area contributed by atoms with Gasteiger partial charge in [0.15, 0.2) is 0 Å². The Morgan fingerprint density at radius 1 is 1.08 bits per heavy atom. The number of carbonyl (C=O) groups is 1. The van der Waals surface area contributed by atoms with Crippen LogP contribution < -0.4 is 11.1 Å². The van der Waals surface area contributed by atoms with Gasteiger partial charge in [-0.05, 0) is 18.1 Å². The normalized spacial score (nSPS) is 13.5. The lowest BCUT2D eigenvalue weighted by Gasteiger charge is -2.23. The van der Waals surface area contributed by atoms with Crippen LogP contribution in [-0.2, 0) is 11.2 Å². The van der Waals surface area contributed by atoms with Gasteiger partial charge >= 0.3 is 6.18 Å². The largest absolute Gasteiger partial charge is 0.408 e. The minimum absolute atomic E-state index is 0. The fraction of sp³-hybridized carbons (Fsp3) is 0.278. The molecule has 1 amide bonds. The van der Waals surface area contributed by atoms with Crippen LogP contribution >= 0.6 is 12.4 Å². The van der Waals surface area contributed by atoms with E-state index in [0.717, 1.165) is 5.56 Å². The number of benzene rings is 2. The van der Waals surface area contributed by atoms with E-state index < -0.39 is 24.2 Å². The zero-order chi connectivity index (χ0) is 17.7. The van der Waals surface area contributed by atoms with Crippen LogP contribution in [0.2, 0.25) is 0 Å². The van der Waals surface area contributed by atoms with E-state index in [4.69, 9.17) is 5.73 Å². The third-order valence-electron chi connectivity index (χ3n) is 3.71. The van der Waals surface area contributed by atoms with E-state index in [1.165, 1.54) is 0 Å². The van der Waals surface area contributed by atoms with E-state index in [1.54, 1.807) is 54.6 Å². The lowest BCUT2D eigenvalue weighted by atomic mass is 10.0. The third-order valence-corrected chi connectivity index (χ3v) is 3.71. The van der Waals surface area contributed by atoms with Gasteiger partial charge in [0.25, 0.3) is 0 Å². The molecular weight excluding hydrogens is 353 g/mol. The summed E-state index contributed by atoms with van der Waals surface area (Å²) < 4.78 is 39.7. The van der Waals surface area contributed by atoms with Crippen LogP contribution in [0, 0.1) is 6.92 Å². The Labute approximate surface area is 150 Å². The number of carbonyl (C=O) groups excluding carboxylic acids is 1. The maximum Gasteiger partial charge on any atom is 0.408 e. The first-order valence-corrected chi connectivity index (χ1v) is 7.50. The van der Waals surface area contributed by atoms with Crippen molar-refractivity contribution in [3.63, 3.8) is 0 Å². The van der Waals surface area contributed by atoms with Crippen molar-refractivity contribution < 1.29 is 18.0 Å². The molecular formula is C18H20ClF3N2O. The highest BCUT2D eigenvalue weighted by Gasteiger charge is 2.41. The van der Waals surface area contributed by atoms with E-state index in [2.05, 4.69) is 0 Å². The number of alkyl halides is 3. The van der Waals surface area contributed by atoms with Gasteiger partial charge in [-0.3, -0.25) is 4.79 Å². The molecule has 0 saturated carbocycles. The molecule has 0 radical (unpaired) electrons. The number of rotatable bonds is 5. The molecule has 0 aliphatic rings. The van der Waals surface area contributed by atoms with E-state index >= 15 is 0 Å². The third kappa shape index (κ3) is 6.07. The lowest BCUT2D eigenvalue weighted by molar-refractivity contribution is -0.161.